The molecule has 0 bridgehead atoms. The molecule has 12 heavy (non-hydrogen) atoms. The SMILES string of the molecule is NC(=O)c1cc(Br)c(I)cc1F. The van der Waals surface area contributed by atoms with Gasteiger partial charge in [-0.15, -0.1) is 0 Å². The Bertz CT molecular complexity index is 342. The minimum atomic E-state index is -0.760. The van der Waals surface area contributed by atoms with Crippen LogP contribution < -0.4 is 5.73 Å². The highest BCUT2D eigenvalue weighted by atomic mass is 127. The summed E-state index contributed by atoms with van der Waals surface area (Å²) in [5.74, 6) is -1.35. The average Bonchev–Trinajstić information content (AvgIpc) is 1.96. The minimum Gasteiger partial charge on any atom is -0.366 e. The molecule has 1 aromatic carbocycles. The lowest BCUT2D eigenvalue weighted by molar-refractivity contribution is 0.0996. The first-order chi connectivity index (χ1) is 5.52. The second-order valence-electron chi connectivity index (χ2n) is 2.11. The fourth-order valence-corrected chi connectivity index (χ4v) is 1.48. The van der Waals surface area contributed by atoms with E-state index in [-0.39, 0.29) is 5.56 Å². The third kappa shape index (κ3) is 1.95. The summed E-state index contributed by atoms with van der Waals surface area (Å²) in [6.45, 7) is 0. The Balaban J connectivity index is 3.33. The van der Waals surface area contributed by atoms with Crippen LogP contribution >= 0.6 is 38.5 Å². The smallest absolute Gasteiger partial charge is 0.251 e. The standard InChI is InChI=1S/C7H4BrFINO/c8-4-1-3(7(11)12)5(9)2-6(4)10/h1-2H,(H2,11,12). The molecule has 64 valence electrons. The van der Waals surface area contributed by atoms with Crippen molar-refractivity contribution in [2.75, 3.05) is 0 Å². The number of halogens is 3. The summed E-state index contributed by atoms with van der Waals surface area (Å²) >= 11 is 5.12. The minimum absolute atomic E-state index is 0.0951. The molecule has 0 saturated carbocycles. The lowest BCUT2D eigenvalue weighted by Gasteiger charge is -2.00. The first-order valence-corrected chi connectivity index (χ1v) is 4.84. The predicted octanol–water partition coefficient (Wildman–Crippen LogP) is 2.29. The Hall–Kier alpha value is -0.170. The monoisotopic (exact) mass is 343 g/mol. The van der Waals surface area contributed by atoms with Crippen molar-refractivity contribution < 1.29 is 9.18 Å². The quantitative estimate of drug-likeness (QED) is 0.617. The van der Waals surface area contributed by atoms with Crippen molar-refractivity contribution in [3.05, 3.63) is 31.6 Å². The van der Waals surface area contributed by atoms with Gasteiger partial charge in [0.05, 0.1) is 5.56 Å². The zero-order valence-electron chi connectivity index (χ0n) is 5.77. The molecular formula is C7H4BrFINO. The van der Waals surface area contributed by atoms with E-state index in [9.17, 15) is 9.18 Å². The van der Waals surface area contributed by atoms with Crippen LogP contribution in [0.5, 0.6) is 0 Å². The van der Waals surface area contributed by atoms with E-state index < -0.39 is 11.7 Å². The molecule has 0 radical (unpaired) electrons. The van der Waals surface area contributed by atoms with Crippen LogP contribution in [-0.2, 0) is 0 Å². The summed E-state index contributed by atoms with van der Waals surface area (Å²) in [4.78, 5) is 10.6. The van der Waals surface area contributed by atoms with Crippen molar-refractivity contribution in [3.8, 4) is 0 Å². The van der Waals surface area contributed by atoms with Crippen LogP contribution in [0.4, 0.5) is 4.39 Å². The number of amides is 1. The molecule has 0 fully saturated rings. The second-order valence-corrected chi connectivity index (χ2v) is 4.13. The maximum atomic E-state index is 13.0. The molecule has 0 aromatic heterocycles. The van der Waals surface area contributed by atoms with E-state index in [2.05, 4.69) is 15.9 Å². The van der Waals surface area contributed by atoms with Crippen LogP contribution in [0.25, 0.3) is 0 Å². The molecule has 0 heterocycles. The molecule has 0 aliphatic rings. The van der Waals surface area contributed by atoms with Crippen molar-refractivity contribution >= 4 is 44.4 Å². The van der Waals surface area contributed by atoms with Crippen LogP contribution in [-0.4, -0.2) is 5.91 Å². The van der Waals surface area contributed by atoms with E-state index in [1.807, 2.05) is 22.6 Å². The van der Waals surface area contributed by atoms with Crippen molar-refractivity contribution in [1.82, 2.24) is 0 Å². The fourth-order valence-electron chi connectivity index (χ4n) is 0.711. The first kappa shape index (κ1) is 9.91. The molecule has 1 aromatic rings. The number of carbonyl (C=O) groups is 1. The normalized spacial score (nSPS) is 9.92. The largest absolute Gasteiger partial charge is 0.366 e. The number of rotatable bonds is 1. The summed E-state index contributed by atoms with van der Waals surface area (Å²) in [5.41, 5.74) is 4.84. The number of hydrogen-bond donors (Lipinski definition) is 1. The number of nitrogens with two attached hydrogens (primary N) is 1. The zero-order valence-corrected chi connectivity index (χ0v) is 9.52. The lowest BCUT2D eigenvalue weighted by Crippen LogP contribution is -2.13. The van der Waals surface area contributed by atoms with Gasteiger partial charge in [-0.05, 0) is 50.7 Å². The van der Waals surface area contributed by atoms with Gasteiger partial charge in [0.2, 0.25) is 0 Å². The van der Waals surface area contributed by atoms with E-state index in [1.165, 1.54) is 12.1 Å². The van der Waals surface area contributed by atoms with Gasteiger partial charge in [-0.25, -0.2) is 4.39 Å². The van der Waals surface area contributed by atoms with E-state index in [0.717, 1.165) is 0 Å². The van der Waals surface area contributed by atoms with Gasteiger partial charge < -0.3 is 5.73 Å². The molecule has 0 aliphatic heterocycles. The van der Waals surface area contributed by atoms with Crippen LogP contribution in [0.1, 0.15) is 10.4 Å². The van der Waals surface area contributed by atoms with E-state index >= 15 is 0 Å². The number of hydrogen-bond acceptors (Lipinski definition) is 1. The lowest BCUT2D eigenvalue weighted by atomic mass is 10.2. The molecular weight excluding hydrogens is 340 g/mol. The van der Waals surface area contributed by atoms with Gasteiger partial charge in [-0.2, -0.15) is 0 Å². The fraction of sp³-hybridized carbons (Fsp3) is 0. The van der Waals surface area contributed by atoms with Crippen LogP contribution in [0.3, 0.4) is 0 Å². The topological polar surface area (TPSA) is 43.1 Å². The second kappa shape index (κ2) is 3.69. The molecule has 0 saturated heterocycles. The molecule has 2 nitrogen and oxygen atoms in total. The maximum absolute atomic E-state index is 13.0. The molecule has 5 heteroatoms. The Morgan fingerprint density at radius 3 is 2.67 bits per heavy atom. The Morgan fingerprint density at radius 2 is 2.17 bits per heavy atom. The first-order valence-electron chi connectivity index (χ1n) is 2.96. The van der Waals surface area contributed by atoms with Crippen molar-refractivity contribution in [2.45, 2.75) is 0 Å². The van der Waals surface area contributed by atoms with Gasteiger partial charge in [0.1, 0.15) is 5.82 Å². The van der Waals surface area contributed by atoms with Gasteiger partial charge in [0.15, 0.2) is 0 Å². The van der Waals surface area contributed by atoms with Gasteiger partial charge in [0, 0.05) is 8.04 Å². The van der Waals surface area contributed by atoms with Crippen LogP contribution in [0.15, 0.2) is 16.6 Å². The molecule has 0 aliphatic carbocycles. The highest BCUT2D eigenvalue weighted by molar-refractivity contribution is 14.1. The maximum Gasteiger partial charge on any atom is 0.251 e. The summed E-state index contributed by atoms with van der Waals surface area (Å²) < 4.78 is 14.3. The zero-order chi connectivity index (χ0) is 9.30. The van der Waals surface area contributed by atoms with Crippen molar-refractivity contribution in [2.24, 2.45) is 5.73 Å². The van der Waals surface area contributed by atoms with E-state index in [0.29, 0.717) is 8.04 Å². The third-order valence-electron chi connectivity index (χ3n) is 1.28. The van der Waals surface area contributed by atoms with Gasteiger partial charge >= 0.3 is 0 Å². The van der Waals surface area contributed by atoms with Gasteiger partial charge in [-0.1, -0.05) is 0 Å². The van der Waals surface area contributed by atoms with Crippen LogP contribution in [0.2, 0.25) is 0 Å². The van der Waals surface area contributed by atoms with Crippen molar-refractivity contribution in [3.63, 3.8) is 0 Å². The van der Waals surface area contributed by atoms with Crippen molar-refractivity contribution in [1.29, 1.82) is 0 Å². The number of carbonyl (C=O) groups excluding carboxylic acids is 1. The Kier molecular flexibility index (Phi) is 3.05. The van der Waals surface area contributed by atoms with E-state index in [1.54, 1.807) is 0 Å². The average molecular weight is 344 g/mol. The molecule has 0 unspecified atom stereocenters. The number of primary amides is 1. The summed E-state index contributed by atoms with van der Waals surface area (Å²) in [7, 11) is 0. The predicted molar refractivity (Wildman–Crippen MR) is 55.3 cm³/mol. The molecule has 0 spiro atoms. The molecule has 1 amide bonds. The van der Waals surface area contributed by atoms with Gasteiger partial charge in [-0.3, -0.25) is 4.79 Å². The Labute approximate surface area is 90.6 Å². The third-order valence-corrected chi connectivity index (χ3v) is 3.57. The summed E-state index contributed by atoms with van der Waals surface area (Å²) in [6.07, 6.45) is 0. The number of benzene rings is 1. The molecule has 2 N–H and O–H groups in total. The highest BCUT2D eigenvalue weighted by Gasteiger charge is 2.10. The molecule has 0 atom stereocenters. The Morgan fingerprint density at radius 1 is 1.58 bits per heavy atom. The molecule has 1 rings (SSSR count). The van der Waals surface area contributed by atoms with Gasteiger partial charge in [0.25, 0.3) is 5.91 Å². The highest BCUT2D eigenvalue weighted by Crippen LogP contribution is 2.22. The summed E-state index contributed by atoms with van der Waals surface area (Å²) in [6, 6.07) is 2.63. The van der Waals surface area contributed by atoms with Crippen LogP contribution in [0, 0.1) is 9.39 Å². The van der Waals surface area contributed by atoms with E-state index in [4.69, 9.17) is 5.73 Å². The summed E-state index contributed by atoms with van der Waals surface area (Å²) in [5, 5.41) is 0.